The van der Waals surface area contributed by atoms with E-state index in [1.165, 1.54) is 7.11 Å². The number of nitrogens with zero attached hydrogens (tertiary/aromatic N) is 4. The summed E-state index contributed by atoms with van der Waals surface area (Å²) in [5.41, 5.74) is 0.788. The van der Waals surface area contributed by atoms with Crippen LogP contribution in [-0.2, 0) is 5.41 Å². The van der Waals surface area contributed by atoms with E-state index in [4.69, 9.17) is 18.7 Å². The molecule has 0 atom stereocenters. The molecule has 43 heavy (non-hydrogen) atoms. The van der Waals surface area contributed by atoms with Crippen molar-refractivity contribution in [3.05, 3.63) is 54.3 Å². The van der Waals surface area contributed by atoms with Crippen molar-refractivity contribution in [1.82, 2.24) is 20.0 Å². The first-order chi connectivity index (χ1) is 20.6. The third kappa shape index (κ3) is 7.86. The number of urea groups is 1. The molecule has 2 N–H and O–H groups in total. The molecule has 1 fully saturated rings. The molecule has 2 aromatic carbocycles. The van der Waals surface area contributed by atoms with Gasteiger partial charge in [-0.25, -0.2) is 13.6 Å². The summed E-state index contributed by atoms with van der Waals surface area (Å²) >= 11 is 0. The fourth-order valence-electron chi connectivity index (χ4n) is 4.61. The van der Waals surface area contributed by atoms with Crippen molar-refractivity contribution in [3.8, 4) is 23.4 Å². The van der Waals surface area contributed by atoms with Crippen LogP contribution in [0.5, 0.6) is 23.4 Å². The number of nitrogens with one attached hydrogen (secondary N) is 2. The Bertz CT molecular complexity index is 1570. The lowest BCUT2D eigenvalue weighted by atomic mass is 9.93. The van der Waals surface area contributed by atoms with Gasteiger partial charge in [0.2, 0.25) is 5.88 Å². The van der Waals surface area contributed by atoms with E-state index in [0.29, 0.717) is 65.6 Å². The molecule has 0 aliphatic carbocycles. The third-order valence-corrected chi connectivity index (χ3v) is 6.83. The highest BCUT2D eigenvalue weighted by molar-refractivity contribution is 5.99. The molecule has 1 saturated heterocycles. The van der Waals surface area contributed by atoms with Crippen LogP contribution >= 0.6 is 0 Å². The number of rotatable bonds is 9. The van der Waals surface area contributed by atoms with Crippen LogP contribution in [-0.4, -0.2) is 65.3 Å². The average molecular weight is 597 g/mol. The fourth-order valence-corrected chi connectivity index (χ4v) is 4.61. The van der Waals surface area contributed by atoms with Crippen LogP contribution in [0.4, 0.5) is 25.1 Å². The van der Waals surface area contributed by atoms with Crippen molar-refractivity contribution in [2.45, 2.75) is 51.6 Å². The lowest BCUT2D eigenvalue weighted by molar-refractivity contribution is 0.0479. The second-order valence-corrected chi connectivity index (χ2v) is 11.2. The molecular formula is C30H34F2N6O5. The number of carbonyl (C=O) groups is 1. The molecule has 4 aromatic rings. The lowest BCUT2D eigenvalue weighted by Gasteiger charge is -2.31. The minimum Gasteiger partial charge on any atom is -0.490 e. The second kappa shape index (κ2) is 12.8. The molecule has 5 rings (SSSR count). The number of ether oxygens (including phenoxy) is 3. The number of likely N-dealkylation sites (tertiary alicyclic amines) is 1. The highest BCUT2D eigenvalue weighted by Gasteiger charge is 2.23. The number of hydrogen-bond donors (Lipinski definition) is 2. The summed E-state index contributed by atoms with van der Waals surface area (Å²) in [4.78, 5) is 23.2. The zero-order valence-electron chi connectivity index (χ0n) is 24.4. The van der Waals surface area contributed by atoms with E-state index in [9.17, 15) is 13.6 Å². The number of aromatic nitrogens is 3. The van der Waals surface area contributed by atoms with E-state index >= 15 is 0 Å². The summed E-state index contributed by atoms with van der Waals surface area (Å²) in [6, 6.07) is 13.5. The van der Waals surface area contributed by atoms with E-state index in [0.717, 1.165) is 0 Å². The highest BCUT2D eigenvalue weighted by atomic mass is 19.3. The SMILES string of the molecule is COc1nc(Oc2cccc(NC(=O)Nc3cc(C(C)(C)C)on3)c2)c2ccc(OC3CCN(CC(F)F)CC3)cc2n1. The van der Waals surface area contributed by atoms with Crippen LogP contribution in [0.25, 0.3) is 10.9 Å². The van der Waals surface area contributed by atoms with Crippen LogP contribution in [0.1, 0.15) is 39.4 Å². The van der Waals surface area contributed by atoms with Crippen LogP contribution in [0, 0.1) is 0 Å². The fraction of sp³-hybridized carbons (Fsp3) is 0.400. The first kappa shape index (κ1) is 30.0. The molecule has 0 unspecified atom stereocenters. The number of alkyl halides is 2. The number of piperidine rings is 1. The number of hydrogen-bond acceptors (Lipinski definition) is 9. The number of methoxy groups -OCH3 is 1. The Hall–Kier alpha value is -4.52. The third-order valence-electron chi connectivity index (χ3n) is 6.83. The van der Waals surface area contributed by atoms with Gasteiger partial charge in [-0.15, -0.1) is 0 Å². The Balaban J connectivity index is 1.26. The maximum atomic E-state index is 12.7. The monoisotopic (exact) mass is 596 g/mol. The van der Waals surface area contributed by atoms with Gasteiger partial charge in [0, 0.05) is 42.4 Å². The Morgan fingerprint density at radius 1 is 1.07 bits per heavy atom. The van der Waals surface area contributed by atoms with Gasteiger partial charge in [0.15, 0.2) is 5.82 Å². The van der Waals surface area contributed by atoms with E-state index < -0.39 is 12.5 Å². The van der Waals surface area contributed by atoms with Crippen molar-refractivity contribution < 1.29 is 32.3 Å². The summed E-state index contributed by atoms with van der Waals surface area (Å²) in [7, 11) is 1.46. The summed E-state index contributed by atoms with van der Waals surface area (Å²) < 4.78 is 48.3. The first-order valence-corrected chi connectivity index (χ1v) is 13.9. The van der Waals surface area contributed by atoms with E-state index in [1.54, 1.807) is 53.4 Å². The van der Waals surface area contributed by atoms with Crippen molar-refractivity contribution >= 4 is 28.4 Å². The topological polar surface area (TPSA) is 124 Å². The normalized spacial score (nSPS) is 14.6. The molecule has 0 bridgehead atoms. The van der Waals surface area contributed by atoms with Crippen molar-refractivity contribution in [2.75, 3.05) is 37.4 Å². The lowest BCUT2D eigenvalue weighted by Crippen LogP contribution is -2.40. The van der Waals surface area contributed by atoms with Crippen LogP contribution in [0.15, 0.2) is 53.1 Å². The quantitative estimate of drug-likeness (QED) is 0.224. The van der Waals surface area contributed by atoms with E-state index in [2.05, 4.69) is 25.8 Å². The van der Waals surface area contributed by atoms with Crippen molar-refractivity contribution in [2.24, 2.45) is 0 Å². The summed E-state index contributed by atoms with van der Waals surface area (Å²) in [6.45, 7) is 6.86. The molecule has 1 aliphatic heterocycles. The number of benzene rings is 2. The Morgan fingerprint density at radius 2 is 1.86 bits per heavy atom. The minimum absolute atomic E-state index is 0.0805. The van der Waals surface area contributed by atoms with Gasteiger partial charge in [-0.2, -0.15) is 9.97 Å². The molecular weight excluding hydrogens is 562 g/mol. The first-order valence-electron chi connectivity index (χ1n) is 13.9. The molecule has 2 aromatic heterocycles. The van der Waals surface area contributed by atoms with Gasteiger partial charge >= 0.3 is 12.0 Å². The number of amides is 2. The second-order valence-electron chi connectivity index (χ2n) is 11.2. The standard InChI is InChI=1S/C30H34F2N6O5/c1-30(2,3)24-16-26(37-43-24)35-28(39)33-18-6-5-7-20(14-18)42-27-22-9-8-21(15-23(22)34-29(36-27)40-4)41-19-10-12-38(13-11-19)17-25(31)32/h5-9,14-16,19,25H,10-13,17H2,1-4H3,(H2,33,35,37,39). The van der Waals surface area contributed by atoms with Gasteiger partial charge in [0.1, 0.15) is 23.4 Å². The van der Waals surface area contributed by atoms with Crippen LogP contribution < -0.4 is 24.8 Å². The molecule has 228 valence electrons. The van der Waals surface area contributed by atoms with Gasteiger partial charge < -0.3 is 24.1 Å². The van der Waals surface area contributed by atoms with Gasteiger partial charge in [0.05, 0.1) is 24.6 Å². The zero-order chi connectivity index (χ0) is 30.6. The summed E-state index contributed by atoms with van der Waals surface area (Å²) in [6.07, 6.45) is -1.10. The summed E-state index contributed by atoms with van der Waals surface area (Å²) in [5.74, 6) is 2.23. The molecule has 3 heterocycles. The van der Waals surface area contributed by atoms with Crippen LogP contribution in [0.3, 0.4) is 0 Å². The predicted molar refractivity (Wildman–Crippen MR) is 157 cm³/mol. The zero-order valence-corrected chi connectivity index (χ0v) is 24.4. The highest BCUT2D eigenvalue weighted by Crippen LogP contribution is 2.33. The maximum Gasteiger partial charge on any atom is 0.324 e. The smallest absolute Gasteiger partial charge is 0.324 e. The Morgan fingerprint density at radius 3 is 2.56 bits per heavy atom. The number of carbonyl (C=O) groups excluding carboxylic acids is 1. The van der Waals surface area contributed by atoms with Gasteiger partial charge in [-0.3, -0.25) is 10.2 Å². The number of halogens is 2. The minimum atomic E-state index is -2.34. The van der Waals surface area contributed by atoms with Gasteiger partial charge in [-0.1, -0.05) is 32.0 Å². The number of anilines is 2. The molecule has 13 heteroatoms. The molecule has 11 nitrogen and oxygen atoms in total. The molecule has 0 radical (unpaired) electrons. The van der Waals surface area contributed by atoms with Gasteiger partial charge in [-0.05, 0) is 37.1 Å². The molecule has 0 spiro atoms. The molecule has 0 saturated carbocycles. The number of fused-ring (bicyclic) bond motifs is 1. The average Bonchev–Trinajstić information content (AvgIpc) is 3.43. The predicted octanol–water partition coefficient (Wildman–Crippen LogP) is 6.47. The van der Waals surface area contributed by atoms with Gasteiger partial charge in [0.25, 0.3) is 6.43 Å². The van der Waals surface area contributed by atoms with Crippen molar-refractivity contribution in [1.29, 1.82) is 0 Å². The van der Waals surface area contributed by atoms with E-state index in [1.807, 2.05) is 20.8 Å². The molecule has 1 aliphatic rings. The largest absolute Gasteiger partial charge is 0.490 e. The Labute approximate surface area is 247 Å². The summed E-state index contributed by atoms with van der Waals surface area (Å²) in [5, 5.41) is 9.94. The van der Waals surface area contributed by atoms with Crippen molar-refractivity contribution in [3.63, 3.8) is 0 Å². The van der Waals surface area contributed by atoms with E-state index in [-0.39, 0.29) is 30.0 Å². The van der Waals surface area contributed by atoms with Crippen LogP contribution in [0.2, 0.25) is 0 Å². The Kier molecular flexibility index (Phi) is 8.90. The molecule has 2 amide bonds. The maximum absolute atomic E-state index is 12.7.